The Morgan fingerprint density at radius 2 is 1.56 bits per heavy atom. The number of aromatic nitrogens is 3. The largest absolute Gasteiger partial charge is 0.491 e. The van der Waals surface area contributed by atoms with E-state index in [9.17, 15) is 24.3 Å². The maximum absolute atomic E-state index is 14.0. The summed E-state index contributed by atoms with van der Waals surface area (Å²) in [6.45, 7) is 13.1. The molecule has 18 heteroatoms. The van der Waals surface area contributed by atoms with Gasteiger partial charge in [-0.2, -0.15) is 0 Å². The number of rotatable bonds is 22. The van der Waals surface area contributed by atoms with E-state index >= 15 is 0 Å². The van der Waals surface area contributed by atoms with Crippen LogP contribution in [0.15, 0.2) is 95.0 Å². The molecule has 17 nitrogen and oxygen atoms in total. The molecule has 1 saturated heterocycles. The Balaban J connectivity index is 0.771. The third-order valence-electron chi connectivity index (χ3n) is 12.9. The first kappa shape index (κ1) is 52.4. The molecular weight excluding hydrogens is 951 g/mol. The molecule has 7 aromatic rings. The highest BCUT2D eigenvalue weighted by Gasteiger charge is 2.44. The predicted molar refractivity (Wildman–Crippen MR) is 278 cm³/mol. The SMILES string of the molecule is Cc1ncsc1-c1ccc(CNC(=O)[C@@H]2C[C@@H](O)CN2C(=O)[C@@H](NC(=O)COCCOCCOCCOc2ccc3c(c2)c2c(C(N)=O)cc(-c4c(C)noc4C)cc2n3Cc2ccccc2)C(C)(C)C)cc1. The molecule has 4 amide bonds. The van der Waals surface area contributed by atoms with Crippen LogP contribution in [0.1, 0.15) is 65.8 Å². The number of ether oxygens (including phenoxy) is 4. The van der Waals surface area contributed by atoms with Gasteiger partial charge in [0.25, 0.3) is 0 Å². The number of hydrogen-bond donors (Lipinski definition) is 4. The Morgan fingerprint density at radius 3 is 2.22 bits per heavy atom. The number of carbonyl (C=O) groups excluding carboxylic acids is 4. The standard InChI is InChI=1S/C55H63N7O10S/c1-33-48(35(3)72-60-33)39-24-43(52(56)65)49-42-27-41(16-17-44(42)61(45(49)25-39)29-37-10-8-7-9-11-37)71-23-22-69-19-18-68-20-21-70-31-47(64)59-51(55(4,5)6)54(67)62-30-40(63)26-46(62)53(66)57-28-36-12-14-38(15-13-36)50-34(2)58-32-73-50/h7-17,24-25,27,32,40,46,51,63H,18-23,26,28-31H2,1-6H3,(H2,56,65)(H,57,66)(H,59,64)/t40-,46+,51-/m1/s1. The zero-order valence-corrected chi connectivity index (χ0v) is 42.9. The van der Waals surface area contributed by atoms with E-state index < -0.39 is 41.3 Å². The van der Waals surface area contributed by atoms with E-state index in [0.717, 1.165) is 60.2 Å². The highest BCUT2D eigenvalue weighted by atomic mass is 32.1. The highest BCUT2D eigenvalue weighted by molar-refractivity contribution is 7.13. The maximum atomic E-state index is 14.0. The fraction of sp³-hybridized carbons (Fsp3) is 0.382. The van der Waals surface area contributed by atoms with E-state index in [1.165, 1.54) is 4.90 Å². The normalized spacial score (nSPS) is 15.2. The number of aryl methyl sites for hydroxylation is 3. The number of aliphatic hydroxyl groups is 1. The quantitative estimate of drug-likeness (QED) is 0.0510. The van der Waals surface area contributed by atoms with Gasteiger partial charge in [-0.15, -0.1) is 11.3 Å². The Labute approximate surface area is 427 Å². The molecule has 5 N–H and O–H groups in total. The second-order valence-corrected chi connectivity index (χ2v) is 20.2. The van der Waals surface area contributed by atoms with Crippen LogP contribution in [0.3, 0.4) is 0 Å². The van der Waals surface area contributed by atoms with Crippen molar-refractivity contribution in [2.75, 3.05) is 52.8 Å². The number of benzene rings is 4. The van der Waals surface area contributed by atoms with E-state index in [-0.39, 0.29) is 58.5 Å². The fourth-order valence-electron chi connectivity index (χ4n) is 9.27. The number of fused-ring (bicyclic) bond motifs is 3. The van der Waals surface area contributed by atoms with Gasteiger partial charge >= 0.3 is 0 Å². The maximum Gasteiger partial charge on any atom is 0.249 e. The number of nitrogens with one attached hydrogen (secondary N) is 2. The van der Waals surface area contributed by atoms with E-state index in [4.69, 9.17) is 29.2 Å². The van der Waals surface area contributed by atoms with Gasteiger partial charge in [-0.25, -0.2) is 4.98 Å². The molecule has 1 fully saturated rings. The van der Waals surface area contributed by atoms with Crippen LogP contribution in [-0.4, -0.2) is 119 Å². The van der Waals surface area contributed by atoms with Gasteiger partial charge in [-0.05, 0) is 78.8 Å². The molecule has 384 valence electrons. The Hall–Kier alpha value is -6.96. The zero-order chi connectivity index (χ0) is 51.8. The zero-order valence-electron chi connectivity index (χ0n) is 42.1. The number of carbonyl (C=O) groups is 4. The molecule has 0 radical (unpaired) electrons. The number of primary amides is 1. The summed E-state index contributed by atoms with van der Waals surface area (Å²) in [7, 11) is 0. The van der Waals surface area contributed by atoms with Crippen molar-refractivity contribution in [1.29, 1.82) is 0 Å². The predicted octanol–water partition coefficient (Wildman–Crippen LogP) is 6.88. The molecule has 0 saturated carbocycles. The van der Waals surface area contributed by atoms with Crippen molar-refractivity contribution in [3.05, 3.63) is 124 Å². The molecule has 73 heavy (non-hydrogen) atoms. The van der Waals surface area contributed by atoms with Gasteiger partial charge in [-0.1, -0.05) is 80.5 Å². The smallest absolute Gasteiger partial charge is 0.249 e. The van der Waals surface area contributed by atoms with Crippen LogP contribution in [0.5, 0.6) is 5.75 Å². The number of likely N-dealkylation sites (tertiary alicyclic amines) is 1. The van der Waals surface area contributed by atoms with Crippen LogP contribution in [0.2, 0.25) is 0 Å². The molecule has 0 aliphatic carbocycles. The Morgan fingerprint density at radius 1 is 0.849 bits per heavy atom. The first-order chi connectivity index (χ1) is 35.1. The van der Waals surface area contributed by atoms with Gasteiger partial charge in [0.2, 0.25) is 23.6 Å². The third-order valence-corrected chi connectivity index (χ3v) is 13.9. The lowest BCUT2D eigenvalue weighted by atomic mass is 9.85. The first-order valence-corrected chi connectivity index (χ1v) is 25.2. The van der Waals surface area contributed by atoms with Crippen LogP contribution in [-0.2, 0) is 41.7 Å². The number of aliphatic hydroxyl groups excluding tert-OH is 1. The number of hydrogen-bond acceptors (Lipinski definition) is 13. The van der Waals surface area contributed by atoms with Crippen LogP contribution in [0, 0.1) is 26.2 Å². The summed E-state index contributed by atoms with van der Waals surface area (Å²) in [6.07, 6.45) is -0.798. The summed E-state index contributed by atoms with van der Waals surface area (Å²) in [4.78, 5) is 60.4. The van der Waals surface area contributed by atoms with Crippen molar-refractivity contribution < 1.29 is 47.8 Å². The van der Waals surface area contributed by atoms with Crippen molar-refractivity contribution in [2.45, 2.75) is 79.2 Å². The molecule has 3 aromatic heterocycles. The fourth-order valence-corrected chi connectivity index (χ4v) is 10.1. The molecular formula is C55H63N7O10S. The minimum absolute atomic E-state index is 0.0280. The van der Waals surface area contributed by atoms with Crippen molar-refractivity contribution in [3.63, 3.8) is 0 Å². The van der Waals surface area contributed by atoms with Gasteiger partial charge in [0, 0.05) is 53.5 Å². The van der Waals surface area contributed by atoms with Crippen LogP contribution in [0.25, 0.3) is 43.4 Å². The first-order valence-electron chi connectivity index (χ1n) is 24.4. The minimum atomic E-state index is -0.984. The van der Waals surface area contributed by atoms with Crippen LogP contribution >= 0.6 is 11.3 Å². The number of nitrogens with two attached hydrogens (primary N) is 1. The van der Waals surface area contributed by atoms with Crippen LogP contribution in [0.4, 0.5) is 0 Å². The minimum Gasteiger partial charge on any atom is -0.491 e. The molecule has 8 rings (SSSR count). The Kier molecular flexibility index (Phi) is 16.7. The number of β-amino-alcohol motifs (C(OH)–C–C–N with tert-alkyl or cyclic N) is 1. The molecule has 4 aromatic carbocycles. The summed E-state index contributed by atoms with van der Waals surface area (Å²) >= 11 is 1.57. The third kappa shape index (κ3) is 12.5. The van der Waals surface area contributed by atoms with Crippen molar-refractivity contribution in [3.8, 4) is 27.3 Å². The summed E-state index contributed by atoms with van der Waals surface area (Å²) in [5.74, 6) is -0.632. The molecule has 4 heterocycles. The summed E-state index contributed by atoms with van der Waals surface area (Å²) in [6, 6.07) is 25.8. The molecule has 3 atom stereocenters. The number of thiazole rings is 1. The summed E-state index contributed by atoms with van der Waals surface area (Å²) in [5, 5.41) is 22.0. The molecule has 1 aliphatic heterocycles. The van der Waals surface area contributed by atoms with Gasteiger partial charge in [0.15, 0.2) is 0 Å². The molecule has 1 aliphatic rings. The summed E-state index contributed by atoms with van der Waals surface area (Å²) in [5.41, 5.74) is 15.6. The average molecular weight is 1010 g/mol. The van der Waals surface area contributed by atoms with Gasteiger partial charge < -0.3 is 54.4 Å². The van der Waals surface area contributed by atoms with Crippen molar-refractivity contribution >= 4 is 56.8 Å². The molecule has 0 bridgehead atoms. The lowest BCUT2D eigenvalue weighted by Gasteiger charge is -2.35. The van der Waals surface area contributed by atoms with Gasteiger partial charge in [-0.3, -0.25) is 19.2 Å². The van der Waals surface area contributed by atoms with E-state index in [0.29, 0.717) is 42.5 Å². The van der Waals surface area contributed by atoms with E-state index in [2.05, 4.69) is 43.5 Å². The lowest BCUT2D eigenvalue weighted by molar-refractivity contribution is -0.144. The average Bonchev–Trinajstić information content (AvgIpc) is 4.15. The van der Waals surface area contributed by atoms with Crippen molar-refractivity contribution in [2.24, 2.45) is 11.1 Å². The van der Waals surface area contributed by atoms with Gasteiger partial charge in [0.05, 0.1) is 66.4 Å². The topological polar surface area (TPSA) is 223 Å². The second-order valence-electron chi connectivity index (χ2n) is 19.3. The van der Waals surface area contributed by atoms with Gasteiger partial charge in [0.1, 0.15) is 36.8 Å². The van der Waals surface area contributed by atoms with Crippen molar-refractivity contribution in [1.82, 2.24) is 30.2 Å². The number of nitrogens with zero attached hydrogens (tertiary/aromatic N) is 4. The van der Waals surface area contributed by atoms with Crippen LogP contribution < -0.4 is 21.1 Å². The monoisotopic (exact) mass is 1010 g/mol. The number of amides is 4. The Bertz CT molecular complexity index is 3050. The molecule has 0 spiro atoms. The second kappa shape index (κ2) is 23.3. The molecule has 0 unspecified atom stereocenters. The highest BCUT2D eigenvalue weighted by Crippen LogP contribution is 2.39. The van der Waals surface area contributed by atoms with E-state index in [1.807, 2.05) is 108 Å². The lowest BCUT2D eigenvalue weighted by Crippen LogP contribution is -2.58. The summed E-state index contributed by atoms with van der Waals surface area (Å²) < 4.78 is 30.8. The van der Waals surface area contributed by atoms with E-state index in [1.54, 1.807) is 17.4 Å².